The zero-order valence-electron chi connectivity index (χ0n) is 20.3. The van der Waals surface area contributed by atoms with Crippen LogP contribution in [0.2, 0.25) is 0 Å². The van der Waals surface area contributed by atoms with E-state index in [2.05, 4.69) is 0 Å². The van der Waals surface area contributed by atoms with E-state index in [0.717, 1.165) is 21.9 Å². The summed E-state index contributed by atoms with van der Waals surface area (Å²) in [6.07, 6.45) is 1.10. The standard InChI is InChI=1S/C29H30N2O3/c1-19(2)26-25(21-13-7-6-8-14-21)30-24(27(32)31(26)28(33)34-29(3,4)5)18-22-16-11-15-20-12-9-10-17-23(20)22/h6-19,26H,1-5H3/b24-18-/t26-/m0/s1. The molecule has 1 aliphatic heterocycles. The van der Waals surface area contributed by atoms with E-state index in [9.17, 15) is 9.59 Å². The fourth-order valence-corrected chi connectivity index (χ4v) is 4.20. The number of hydrogen-bond acceptors (Lipinski definition) is 4. The Bertz CT molecular complexity index is 1280. The van der Waals surface area contributed by atoms with E-state index >= 15 is 0 Å². The molecule has 4 rings (SSSR count). The third kappa shape index (κ3) is 4.79. The Balaban J connectivity index is 1.92. The third-order valence-electron chi connectivity index (χ3n) is 5.64. The molecule has 0 unspecified atom stereocenters. The molecule has 1 aliphatic rings. The zero-order chi connectivity index (χ0) is 24.5. The lowest BCUT2D eigenvalue weighted by Gasteiger charge is -2.38. The molecule has 2 amide bonds. The van der Waals surface area contributed by atoms with Crippen molar-refractivity contribution in [3.63, 3.8) is 0 Å². The van der Waals surface area contributed by atoms with Crippen molar-refractivity contribution >= 4 is 34.6 Å². The van der Waals surface area contributed by atoms with Crippen LogP contribution in [0.3, 0.4) is 0 Å². The topological polar surface area (TPSA) is 59.0 Å². The summed E-state index contributed by atoms with van der Waals surface area (Å²) in [6.45, 7) is 9.34. The zero-order valence-corrected chi connectivity index (χ0v) is 20.3. The van der Waals surface area contributed by atoms with Crippen LogP contribution < -0.4 is 0 Å². The summed E-state index contributed by atoms with van der Waals surface area (Å²) in [7, 11) is 0. The molecule has 5 nitrogen and oxygen atoms in total. The molecule has 3 aromatic rings. The van der Waals surface area contributed by atoms with Crippen LogP contribution in [0.25, 0.3) is 16.8 Å². The number of ether oxygens (including phenoxy) is 1. The van der Waals surface area contributed by atoms with Crippen LogP contribution >= 0.6 is 0 Å². The molecule has 0 saturated heterocycles. The SMILES string of the molecule is CC(C)[C@H]1C(c2ccccc2)=N/C(=C\c2cccc3ccccc23)C(=O)N1C(=O)OC(C)(C)C. The summed E-state index contributed by atoms with van der Waals surface area (Å²) in [5.41, 5.74) is 1.88. The Kier molecular flexibility index (Phi) is 6.38. The number of aliphatic imine (C=N–C) groups is 1. The average molecular weight is 455 g/mol. The monoisotopic (exact) mass is 454 g/mol. The predicted octanol–water partition coefficient (Wildman–Crippen LogP) is 6.47. The summed E-state index contributed by atoms with van der Waals surface area (Å²) in [4.78, 5) is 33.1. The maximum atomic E-state index is 13.7. The molecule has 34 heavy (non-hydrogen) atoms. The third-order valence-corrected chi connectivity index (χ3v) is 5.64. The summed E-state index contributed by atoms with van der Waals surface area (Å²) < 4.78 is 5.66. The van der Waals surface area contributed by atoms with Crippen LogP contribution in [-0.4, -0.2) is 34.3 Å². The van der Waals surface area contributed by atoms with Crippen LogP contribution in [0.5, 0.6) is 0 Å². The first-order valence-corrected chi connectivity index (χ1v) is 11.6. The van der Waals surface area contributed by atoms with Crippen molar-refractivity contribution in [2.45, 2.75) is 46.3 Å². The second-order valence-corrected chi connectivity index (χ2v) is 9.81. The number of rotatable bonds is 3. The van der Waals surface area contributed by atoms with Crippen LogP contribution in [0.4, 0.5) is 4.79 Å². The molecule has 3 aromatic carbocycles. The average Bonchev–Trinajstić information content (AvgIpc) is 2.79. The van der Waals surface area contributed by atoms with Crippen molar-refractivity contribution in [1.29, 1.82) is 0 Å². The van der Waals surface area contributed by atoms with E-state index in [1.54, 1.807) is 26.8 Å². The molecule has 0 saturated carbocycles. The fourth-order valence-electron chi connectivity index (χ4n) is 4.20. The van der Waals surface area contributed by atoms with E-state index in [1.165, 1.54) is 4.90 Å². The first-order chi connectivity index (χ1) is 16.2. The summed E-state index contributed by atoms with van der Waals surface area (Å²) >= 11 is 0. The van der Waals surface area contributed by atoms with Crippen molar-refractivity contribution in [1.82, 2.24) is 4.90 Å². The number of amides is 2. The first-order valence-electron chi connectivity index (χ1n) is 11.6. The maximum Gasteiger partial charge on any atom is 0.418 e. The Morgan fingerprint density at radius 3 is 2.29 bits per heavy atom. The lowest BCUT2D eigenvalue weighted by Crippen LogP contribution is -2.55. The molecule has 0 N–H and O–H groups in total. The molecule has 1 heterocycles. The van der Waals surface area contributed by atoms with E-state index in [0.29, 0.717) is 5.71 Å². The molecule has 0 radical (unpaired) electrons. The minimum Gasteiger partial charge on any atom is -0.443 e. The highest BCUT2D eigenvalue weighted by molar-refractivity contribution is 6.18. The van der Waals surface area contributed by atoms with E-state index in [1.807, 2.05) is 86.6 Å². The van der Waals surface area contributed by atoms with Crippen LogP contribution in [0.15, 0.2) is 83.5 Å². The molecule has 1 atom stereocenters. The Morgan fingerprint density at radius 2 is 1.62 bits per heavy atom. The fraction of sp³-hybridized carbons (Fsp3) is 0.276. The highest BCUT2D eigenvalue weighted by Gasteiger charge is 2.43. The van der Waals surface area contributed by atoms with Gasteiger partial charge in [-0.1, -0.05) is 86.6 Å². The lowest BCUT2D eigenvalue weighted by molar-refractivity contribution is -0.128. The minimum absolute atomic E-state index is 0.0606. The Hall–Kier alpha value is -3.73. The van der Waals surface area contributed by atoms with Crippen LogP contribution in [0, 0.1) is 5.92 Å². The molecular formula is C29H30N2O3. The van der Waals surface area contributed by atoms with Gasteiger partial charge in [-0.2, -0.15) is 0 Å². The van der Waals surface area contributed by atoms with E-state index in [4.69, 9.17) is 9.73 Å². The van der Waals surface area contributed by atoms with Gasteiger partial charge in [0.05, 0.1) is 11.8 Å². The number of benzene rings is 3. The molecule has 0 fully saturated rings. The van der Waals surface area contributed by atoms with Gasteiger partial charge in [0.1, 0.15) is 11.3 Å². The number of carbonyl (C=O) groups excluding carboxylic acids is 2. The van der Waals surface area contributed by atoms with Crippen molar-refractivity contribution < 1.29 is 14.3 Å². The van der Waals surface area contributed by atoms with Gasteiger partial charge < -0.3 is 4.74 Å². The summed E-state index contributed by atoms with van der Waals surface area (Å²) in [6, 6.07) is 23.1. The quantitative estimate of drug-likeness (QED) is 0.426. The summed E-state index contributed by atoms with van der Waals surface area (Å²) in [5.74, 6) is -0.518. The number of nitrogens with zero attached hydrogens (tertiary/aromatic N) is 2. The van der Waals surface area contributed by atoms with E-state index in [-0.39, 0.29) is 11.6 Å². The second-order valence-electron chi connectivity index (χ2n) is 9.81. The Labute approximate surface area is 200 Å². The highest BCUT2D eigenvalue weighted by Crippen LogP contribution is 2.30. The maximum absolute atomic E-state index is 13.7. The van der Waals surface area contributed by atoms with Gasteiger partial charge in [0.2, 0.25) is 0 Å². The molecule has 174 valence electrons. The lowest BCUT2D eigenvalue weighted by atomic mass is 9.90. The minimum atomic E-state index is -0.736. The number of hydrogen-bond donors (Lipinski definition) is 0. The first kappa shape index (κ1) is 23.4. The molecule has 0 bridgehead atoms. The molecule has 5 heteroatoms. The molecular weight excluding hydrogens is 424 g/mol. The largest absolute Gasteiger partial charge is 0.443 e. The van der Waals surface area contributed by atoms with Crippen LogP contribution in [-0.2, 0) is 9.53 Å². The van der Waals surface area contributed by atoms with Gasteiger partial charge in [0.15, 0.2) is 0 Å². The van der Waals surface area contributed by atoms with Crippen molar-refractivity contribution in [3.05, 3.63) is 89.6 Å². The van der Waals surface area contributed by atoms with E-state index < -0.39 is 23.6 Å². The van der Waals surface area contributed by atoms with Gasteiger partial charge in [-0.05, 0) is 54.7 Å². The van der Waals surface area contributed by atoms with Gasteiger partial charge in [0, 0.05) is 0 Å². The predicted molar refractivity (Wildman–Crippen MR) is 137 cm³/mol. The van der Waals surface area contributed by atoms with Crippen molar-refractivity contribution in [2.75, 3.05) is 0 Å². The highest BCUT2D eigenvalue weighted by atomic mass is 16.6. The number of fused-ring (bicyclic) bond motifs is 1. The molecule has 0 aromatic heterocycles. The smallest absolute Gasteiger partial charge is 0.418 e. The molecule has 0 aliphatic carbocycles. The van der Waals surface area contributed by atoms with Gasteiger partial charge in [-0.25, -0.2) is 14.7 Å². The normalized spacial score (nSPS) is 17.9. The van der Waals surface area contributed by atoms with Gasteiger partial charge in [-0.3, -0.25) is 4.79 Å². The molecule has 0 spiro atoms. The van der Waals surface area contributed by atoms with Crippen molar-refractivity contribution in [2.24, 2.45) is 10.9 Å². The van der Waals surface area contributed by atoms with Gasteiger partial charge in [0.25, 0.3) is 5.91 Å². The van der Waals surface area contributed by atoms with Gasteiger partial charge in [-0.15, -0.1) is 0 Å². The Morgan fingerprint density at radius 1 is 0.971 bits per heavy atom. The number of carbonyl (C=O) groups is 2. The number of imide groups is 1. The summed E-state index contributed by atoms with van der Waals surface area (Å²) in [5, 5.41) is 2.08. The van der Waals surface area contributed by atoms with Crippen molar-refractivity contribution in [3.8, 4) is 0 Å². The van der Waals surface area contributed by atoms with Crippen LogP contribution in [0.1, 0.15) is 45.7 Å². The van der Waals surface area contributed by atoms with Gasteiger partial charge >= 0.3 is 6.09 Å². The second kappa shape index (κ2) is 9.26.